The standard InChI is InChI=1S/C23H25NO4/c1-3-22(28-21-10-6-9-19(16-21)26-2)23(25)24-13-14-27-20-12-11-17-7-4-5-8-18(17)15-20/h4-12,15-16,22H,3,13-14H2,1-2H3,(H,24,25)/t22-/m1/s1. The highest BCUT2D eigenvalue weighted by atomic mass is 16.5. The molecule has 3 rings (SSSR count). The zero-order valence-corrected chi connectivity index (χ0v) is 16.2. The largest absolute Gasteiger partial charge is 0.497 e. The average molecular weight is 379 g/mol. The van der Waals surface area contributed by atoms with Gasteiger partial charge in [0.1, 0.15) is 23.9 Å². The van der Waals surface area contributed by atoms with Crippen molar-refractivity contribution in [2.45, 2.75) is 19.4 Å². The molecule has 0 aliphatic carbocycles. The van der Waals surface area contributed by atoms with Crippen LogP contribution in [0.15, 0.2) is 66.7 Å². The molecule has 0 saturated carbocycles. The highest BCUT2D eigenvalue weighted by Gasteiger charge is 2.18. The number of carbonyl (C=O) groups excluding carboxylic acids is 1. The van der Waals surface area contributed by atoms with Gasteiger partial charge < -0.3 is 19.5 Å². The van der Waals surface area contributed by atoms with Crippen molar-refractivity contribution in [3.8, 4) is 17.2 Å². The number of fused-ring (bicyclic) bond motifs is 1. The third-order valence-corrected chi connectivity index (χ3v) is 4.37. The van der Waals surface area contributed by atoms with E-state index in [0.717, 1.165) is 11.1 Å². The van der Waals surface area contributed by atoms with Gasteiger partial charge in [0.25, 0.3) is 5.91 Å². The number of amides is 1. The van der Waals surface area contributed by atoms with Crippen LogP contribution in [0.25, 0.3) is 10.8 Å². The highest BCUT2D eigenvalue weighted by Crippen LogP contribution is 2.21. The predicted octanol–water partition coefficient (Wildman–Crippen LogP) is 4.20. The van der Waals surface area contributed by atoms with Gasteiger partial charge >= 0.3 is 0 Å². The Morgan fingerprint density at radius 1 is 0.929 bits per heavy atom. The summed E-state index contributed by atoms with van der Waals surface area (Å²) in [5.41, 5.74) is 0. The molecule has 146 valence electrons. The molecule has 28 heavy (non-hydrogen) atoms. The van der Waals surface area contributed by atoms with Crippen LogP contribution in [0, 0.1) is 0 Å². The van der Waals surface area contributed by atoms with Crippen molar-refractivity contribution in [2.24, 2.45) is 0 Å². The van der Waals surface area contributed by atoms with Gasteiger partial charge in [-0.3, -0.25) is 4.79 Å². The van der Waals surface area contributed by atoms with E-state index < -0.39 is 6.10 Å². The Bertz CT molecular complexity index is 925. The number of hydrogen-bond acceptors (Lipinski definition) is 4. The smallest absolute Gasteiger partial charge is 0.261 e. The van der Waals surface area contributed by atoms with E-state index in [2.05, 4.69) is 11.4 Å². The Labute approximate surface area is 165 Å². The number of benzene rings is 3. The fourth-order valence-electron chi connectivity index (χ4n) is 2.88. The van der Waals surface area contributed by atoms with Crippen molar-refractivity contribution in [2.75, 3.05) is 20.3 Å². The van der Waals surface area contributed by atoms with E-state index in [-0.39, 0.29) is 5.91 Å². The Morgan fingerprint density at radius 2 is 1.71 bits per heavy atom. The molecule has 0 saturated heterocycles. The lowest BCUT2D eigenvalue weighted by Crippen LogP contribution is -2.39. The first-order chi connectivity index (χ1) is 13.7. The van der Waals surface area contributed by atoms with E-state index in [1.165, 1.54) is 5.39 Å². The van der Waals surface area contributed by atoms with Crippen LogP contribution in [-0.4, -0.2) is 32.3 Å². The Balaban J connectivity index is 1.47. The normalized spacial score (nSPS) is 11.6. The topological polar surface area (TPSA) is 56.8 Å². The minimum absolute atomic E-state index is 0.160. The number of carbonyl (C=O) groups is 1. The Kier molecular flexibility index (Phi) is 6.73. The van der Waals surface area contributed by atoms with Crippen molar-refractivity contribution >= 4 is 16.7 Å². The number of nitrogens with one attached hydrogen (secondary N) is 1. The van der Waals surface area contributed by atoms with Crippen LogP contribution in [0.1, 0.15) is 13.3 Å². The number of hydrogen-bond donors (Lipinski definition) is 1. The molecule has 1 amide bonds. The molecular formula is C23H25NO4. The minimum atomic E-state index is -0.562. The predicted molar refractivity (Wildman–Crippen MR) is 110 cm³/mol. The van der Waals surface area contributed by atoms with E-state index >= 15 is 0 Å². The van der Waals surface area contributed by atoms with Crippen LogP contribution < -0.4 is 19.5 Å². The first-order valence-electron chi connectivity index (χ1n) is 9.39. The maximum absolute atomic E-state index is 12.4. The first kappa shape index (κ1) is 19.5. The number of ether oxygens (including phenoxy) is 3. The second-order valence-corrected chi connectivity index (χ2v) is 6.34. The third kappa shape index (κ3) is 5.16. The summed E-state index contributed by atoms with van der Waals surface area (Å²) in [7, 11) is 1.60. The summed E-state index contributed by atoms with van der Waals surface area (Å²) in [5, 5.41) is 5.17. The summed E-state index contributed by atoms with van der Waals surface area (Å²) in [6, 6.07) is 21.3. The quantitative estimate of drug-likeness (QED) is 0.566. The molecule has 1 atom stereocenters. The molecule has 0 radical (unpaired) electrons. The molecule has 0 bridgehead atoms. The van der Waals surface area contributed by atoms with Crippen molar-refractivity contribution < 1.29 is 19.0 Å². The molecule has 0 heterocycles. The SMILES string of the molecule is CC[C@@H](Oc1cccc(OC)c1)C(=O)NCCOc1ccc2ccccc2c1. The summed E-state index contributed by atoms with van der Waals surface area (Å²) >= 11 is 0. The summed E-state index contributed by atoms with van der Waals surface area (Å²) < 4.78 is 16.7. The zero-order chi connectivity index (χ0) is 19.8. The number of rotatable bonds is 9. The van der Waals surface area contributed by atoms with Gasteiger partial charge in [-0.15, -0.1) is 0 Å². The van der Waals surface area contributed by atoms with Crippen LogP contribution >= 0.6 is 0 Å². The van der Waals surface area contributed by atoms with Crippen molar-refractivity contribution in [1.82, 2.24) is 5.32 Å². The minimum Gasteiger partial charge on any atom is -0.497 e. The molecule has 3 aromatic rings. The number of methoxy groups -OCH3 is 1. The maximum Gasteiger partial charge on any atom is 0.261 e. The summed E-state index contributed by atoms with van der Waals surface area (Å²) in [6.45, 7) is 2.71. The van der Waals surface area contributed by atoms with Crippen LogP contribution in [0.3, 0.4) is 0 Å². The van der Waals surface area contributed by atoms with Crippen LogP contribution in [0.5, 0.6) is 17.2 Å². The Morgan fingerprint density at radius 3 is 2.50 bits per heavy atom. The van der Waals surface area contributed by atoms with E-state index in [4.69, 9.17) is 14.2 Å². The fraction of sp³-hybridized carbons (Fsp3) is 0.261. The summed E-state index contributed by atoms with van der Waals surface area (Å²) in [6.07, 6.45) is 0.00182. The van der Waals surface area contributed by atoms with Gasteiger partial charge in [0.05, 0.1) is 13.7 Å². The van der Waals surface area contributed by atoms with Crippen LogP contribution in [0.4, 0.5) is 0 Å². The molecular weight excluding hydrogens is 354 g/mol. The second-order valence-electron chi connectivity index (χ2n) is 6.34. The van der Waals surface area contributed by atoms with Gasteiger partial charge in [-0.25, -0.2) is 0 Å². The van der Waals surface area contributed by atoms with Gasteiger partial charge in [0, 0.05) is 6.07 Å². The van der Waals surface area contributed by atoms with Crippen molar-refractivity contribution in [1.29, 1.82) is 0 Å². The maximum atomic E-state index is 12.4. The van der Waals surface area contributed by atoms with E-state index in [0.29, 0.717) is 31.1 Å². The lowest BCUT2D eigenvalue weighted by Gasteiger charge is -2.18. The molecule has 3 aromatic carbocycles. The highest BCUT2D eigenvalue weighted by molar-refractivity contribution is 5.83. The summed E-state index contributed by atoms with van der Waals surface area (Å²) in [5.74, 6) is 1.92. The van der Waals surface area contributed by atoms with Gasteiger partial charge in [0.2, 0.25) is 0 Å². The van der Waals surface area contributed by atoms with E-state index in [1.54, 1.807) is 19.2 Å². The first-order valence-corrected chi connectivity index (χ1v) is 9.39. The van der Waals surface area contributed by atoms with E-state index in [1.807, 2.05) is 55.5 Å². The second kappa shape index (κ2) is 9.65. The van der Waals surface area contributed by atoms with Gasteiger partial charge in [0.15, 0.2) is 6.10 Å². The van der Waals surface area contributed by atoms with E-state index in [9.17, 15) is 4.79 Å². The third-order valence-electron chi connectivity index (χ3n) is 4.37. The molecule has 0 aromatic heterocycles. The lowest BCUT2D eigenvalue weighted by molar-refractivity contribution is -0.128. The lowest BCUT2D eigenvalue weighted by atomic mass is 10.1. The monoisotopic (exact) mass is 379 g/mol. The molecule has 0 aliphatic heterocycles. The van der Waals surface area contributed by atoms with Crippen molar-refractivity contribution in [3.05, 3.63) is 66.7 Å². The average Bonchev–Trinajstić information content (AvgIpc) is 2.75. The molecule has 0 unspecified atom stereocenters. The van der Waals surface area contributed by atoms with Gasteiger partial charge in [-0.05, 0) is 41.5 Å². The van der Waals surface area contributed by atoms with Gasteiger partial charge in [-0.2, -0.15) is 0 Å². The summed E-state index contributed by atoms with van der Waals surface area (Å²) in [4.78, 5) is 12.4. The molecule has 0 spiro atoms. The molecule has 5 heteroatoms. The fourth-order valence-corrected chi connectivity index (χ4v) is 2.88. The molecule has 0 fully saturated rings. The van der Waals surface area contributed by atoms with Crippen LogP contribution in [0.2, 0.25) is 0 Å². The zero-order valence-electron chi connectivity index (χ0n) is 16.2. The molecule has 1 N–H and O–H groups in total. The van der Waals surface area contributed by atoms with Crippen LogP contribution in [-0.2, 0) is 4.79 Å². The molecule has 0 aliphatic rings. The molecule has 5 nitrogen and oxygen atoms in total. The van der Waals surface area contributed by atoms with Crippen molar-refractivity contribution in [3.63, 3.8) is 0 Å². The Hall–Kier alpha value is -3.21. The van der Waals surface area contributed by atoms with Gasteiger partial charge in [-0.1, -0.05) is 43.3 Å².